The van der Waals surface area contributed by atoms with Crippen LogP contribution in [0.4, 0.5) is 0 Å². The highest BCUT2D eigenvalue weighted by molar-refractivity contribution is 7.09. The average molecular weight is 294 g/mol. The predicted molar refractivity (Wildman–Crippen MR) is 84.1 cm³/mol. The van der Waals surface area contributed by atoms with Crippen molar-refractivity contribution >= 4 is 11.3 Å². The van der Waals surface area contributed by atoms with Crippen molar-refractivity contribution in [2.75, 3.05) is 46.4 Å². The second-order valence-corrected chi connectivity index (χ2v) is 7.41. The summed E-state index contributed by atoms with van der Waals surface area (Å²) in [5, 5.41) is 2.18. The van der Waals surface area contributed by atoms with Crippen molar-refractivity contribution in [3.05, 3.63) is 22.4 Å². The minimum atomic E-state index is 0.475. The molecule has 1 spiro atoms. The summed E-state index contributed by atoms with van der Waals surface area (Å²) >= 11 is 1.88. The van der Waals surface area contributed by atoms with Gasteiger partial charge in [-0.15, -0.1) is 11.3 Å². The van der Waals surface area contributed by atoms with Crippen LogP contribution in [-0.2, 0) is 11.3 Å². The quantitative estimate of drug-likeness (QED) is 0.830. The molecule has 3 heterocycles. The number of hydrogen-bond acceptors (Lipinski definition) is 4. The Morgan fingerprint density at radius 3 is 2.95 bits per heavy atom. The molecule has 1 aromatic heterocycles. The Morgan fingerprint density at radius 1 is 1.40 bits per heavy atom. The molecular weight excluding hydrogens is 268 g/mol. The van der Waals surface area contributed by atoms with Crippen LogP contribution < -0.4 is 0 Å². The van der Waals surface area contributed by atoms with Crippen LogP contribution in [0.25, 0.3) is 0 Å². The number of likely N-dealkylation sites (tertiary alicyclic amines) is 2. The highest BCUT2D eigenvalue weighted by Crippen LogP contribution is 2.44. The van der Waals surface area contributed by atoms with Gasteiger partial charge in [0.05, 0.1) is 6.61 Å². The highest BCUT2D eigenvalue weighted by atomic mass is 32.1. The number of hydrogen-bond donors (Lipinski definition) is 0. The molecular formula is C16H26N2OS. The van der Waals surface area contributed by atoms with Gasteiger partial charge >= 0.3 is 0 Å². The van der Waals surface area contributed by atoms with Gasteiger partial charge in [-0.1, -0.05) is 13.0 Å². The minimum absolute atomic E-state index is 0.475. The van der Waals surface area contributed by atoms with Crippen molar-refractivity contribution in [3.8, 4) is 0 Å². The molecule has 0 radical (unpaired) electrons. The fourth-order valence-corrected chi connectivity index (χ4v) is 4.77. The SMILES string of the molecule is CCN1C[C@H](COC)[C@]2(CCN(Cc3cccs3)C2)C1. The summed E-state index contributed by atoms with van der Waals surface area (Å²) < 4.78 is 5.50. The lowest BCUT2D eigenvalue weighted by Crippen LogP contribution is -2.36. The molecule has 0 bridgehead atoms. The summed E-state index contributed by atoms with van der Waals surface area (Å²) in [5.41, 5.74) is 0.475. The van der Waals surface area contributed by atoms with Crippen LogP contribution in [0.5, 0.6) is 0 Å². The van der Waals surface area contributed by atoms with Crippen LogP contribution in [0, 0.1) is 11.3 Å². The first-order chi connectivity index (χ1) is 9.75. The van der Waals surface area contributed by atoms with Crippen LogP contribution in [0.1, 0.15) is 18.2 Å². The normalized spacial score (nSPS) is 31.6. The third-order valence-electron chi connectivity index (χ3n) is 5.12. The van der Waals surface area contributed by atoms with Gasteiger partial charge in [-0.05, 0) is 31.0 Å². The van der Waals surface area contributed by atoms with E-state index in [-0.39, 0.29) is 0 Å². The largest absolute Gasteiger partial charge is 0.384 e. The maximum Gasteiger partial charge on any atom is 0.0509 e. The zero-order valence-corrected chi connectivity index (χ0v) is 13.5. The van der Waals surface area contributed by atoms with Gasteiger partial charge < -0.3 is 9.64 Å². The highest BCUT2D eigenvalue weighted by Gasteiger charge is 2.49. The Morgan fingerprint density at radius 2 is 2.25 bits per heavy atom. The van der Waals surface area contributed by atoms with Gasteiger partial charge in [-0.2, -0.15) is 0 Å². The predicted octanol–water partition coefficient (Wildman–Crippen LogP) is 2.54. The van der Waals surface area contributed by atoms with Gasteiger partial charge in [0.15, 0.2) is 0 Å². The Kier molecular flexibility index (Phi) is 4.46. The van der Waals surface area contributed by atoms with Gasteiger partial charge in [-0.25, -0.2) is 0 Å². The maximum atomic E-state index is 5.50. The molecule has 0 N–H and O–H groups in total. The van der Waals surface area contributed by atoms with E-state index in [9.17, 15) is 0 Å². The van der Waals surface area contributed by atoms with Gasteiger partial charge in [0.2, 0.25) is 0 Å². The third kappa shape index (κ3) is 2.80. The van der Waals surface area contributed by atoms with Crippen LogP contribution in [0.2, 0.25) is 0 Å². The first-order valence-electron chi connectivity index (χ1n) is 7.72. The topological polar surface area (TPSA) is 15.7 Å². The zero-order chi connectivity index (χ0) is 14.0. The van der Waals surface area contributed by atoms with Crippen LogP contribution in [-0.4, -0.2) is 56.2 Å². The molecule has 1 aromatic rings. The third-order valence-corrected chi connectivity index (χ3v) is 5.98. The van der Waals surface area contributed by atoms with Crippen LogP contribution in [0.3, 0.4) is 0 Å². The molecule has 0 aromatic carbocycles. The van der Waals surface area contributed by atoms with Gasteiger partial charge in [0, 0.05) is 49.5 Å². The summed E-state index contributed by atoms with van der Waals surface area (Å²) in [7, 11) is 1.85. The number of nitrogens with zero attached hydrogens (tertiary/aromatic N) is 2. The molecule has 2 atom stereocenters. The Labute approximate surface area is 126 Å². The standard InChI is InChI=1S/C16H26N2OS/c1-3-17-9-14(11-19-2)16(12-17)6-7-18(13-16)10-15-5-4-8-20-15/h4-5,8,14H,3,6-7,9-13H2,1-2H3/t14-,16-/m1/s1. The van der Waals surface area contributed by atoms with Crippen molar-refractivity contribution in [2.24, 2.45) is 11.3 Å². The lowest BCUT2D eigenvalue weighted by Gasteiger charge is -2.30. The molecule has 0 saturated carbocycles. The Balaban J connectivity index is 1.66. The fourth-order valence-electron chi connectivity index (χ4n) is 4.02. The molecule has 112 valence electrons. The molecule has 3 nitrogen and oxygen atoms in total. The van der Waals surface area contributed by atoms with Crippen molar-refractivity contribution in [2.45, 2.75) is 19.9 Å². The second-order valence-electron chi connectivity index (χ2n) is 6.38. The zero-order valence-electron chi connectivity index (χ0n) is 12.7. The molecule has 0 aliphatic carbocycles. The fraction of sp³-hybridized carbons (Fsp3) is 0.750. The van der Waals surface area contributed by atoms with Gasteiger partial charge in [0.25, 0.3) is 0 Å². The second kappa shape index (κ2) is 6.14. The van der Waals surface area contributed by atoms with E-state index in [0.29, 0.717) is 11.3 Å². The van der Waals surface area contributed by atoms with E-state index < -0.39 is 0 Å². The summed E-state index contributed by atoms with van der Waals surface area (Å²) in [5.74, 6) is 0.709. The lowest BCUT2D eigenvalue weighted by molar-refractivity contribution is 0.0959. The van der Waals surface area contributed by atoms with Crippen LogP contribution >= 0.6 is 11.3 Å². The van der Waals surface area contributed by atoms with Crippen molar-refractivity contribution in [1.29, 1.82) is 0 Å². The summed E-state index contributed by atoms with van der Waals surface area (Å²) in [6.45, 7) is 10.5. The summed E-state index contributed by atoms with van der Waals surface area (Å²) in [6, 6.07) is 4.42. The molecule has 2 aliphatic heterocycles. The van der Waals surface area contributed by atoms with Crippen LogP contribution in [0.15, 0.2) is 17.5 Å². The molecule has 2 aliphatic rings. The smallest absolute Gasteiger partial charge is 0.0509 e. The summed E-state index contributed by atoms with van der Waals surface area (Å²) in [6.07, 6.45) is 1.34. The van der Waals surface area contributed by atoms with Crippen molar-refractivity contribution in [3.63, 3.8) is 0 Å². The monoisotopic (exact) mass is 294 g/mol. The Bertz CT molecular complexity index is 422. The molecule has 0 unspecified atom stereocenters. The first-order valence-corrected chi connectivity index (χ1v) is 8.60. The van der Waals surface area contributed by atoms with E-state index in [1.807, 2.05) is 18.4 Å². The number of ether oxygens (including phenoxy) is 1. The van der Waals surface area contributed by atoms with E-state index in [1.165, 1.54) is 44.0 Å². The average Bonchev–Trinajstić information content (AvgIpc) is 3.15. The maximum absolute atomic E-state index is 5.50. The first kappa shape index (κ1) is 14.5. The van der Waals surface area contributed by atoms with E-state index in [4.69, 9.17) is 4.74 Å². The van der Waals surface area contributed by atoms with E-state index in [2.05, 4.69) is 34.2 Å². The van der Waals surface area contributed by atoms with E-state index in [1.54, 1.807) is 0 Å². The number of thiophene rings is 1. The van der Waals surface area contributed by atoms with Crippen molar-refractivity contribution < 1.29 is 4.74 Å². The molecule has 3 rings (SSSR count). The van der Waals surface area contributed by atoms with E-state index >= 15 is 0 Å². The van der Waals surface area contributed by atoms with E-state index in [0.717, 1.165) is 13.2 Å². The summed E-state index contributed by atoms with van der Waals surface area (Å²) in [4.78, 5) is 6.75. The lowest BCUT2D eigenvalue weighted by atomic mass is 9.78. The van der Waals surface area contributed by atoms with Gasteiger partial charge in [-0.3, -0.25) is 4.90 Å². The number of methoxy groups -OCH3 is 1. The van der Waals surface area contributed by atoms with Crippen molar-refractivity contribution in [1.82, 2.24) is 9.80 Å². The minimum Gasteiger partial charge on any atom is -0.384 e. The molecule has 2 saturated heterocycles. The number of rotatable bonds is 5. The molecule has 4 heteroatoms. The molecule has 2 fully saturated rings. The molecule has 20 heavy (non-hydrogen) atoms. The molecule has 0 amide bonds. The Hall–Kier alpha value is -0.420. The van der Waals surface area contributed by atoms with Gasteiger partial charge in [0.1, 0.15) is 0 Å².